The molecule has 4 amide bonds. The summed E-state index contributed by atoms with van der Waals surface area (Å²) in [5.41, 5.74) is 0.723. The summed E-state index contributed by atoms with van der Waals surface area (Å²) in [4.78, 5) is 37.5. The van der Waals surface area contributed by atoms with Crippen LogP contribution >= 0.6 is 0 Å². The Morgan fingerprint density at radius 1 is 1.23 bits per heavy atom. The Kier molecular flexibility index (Phi) is 4.49. The fourth-order valence-corrected chi connectivity index (χ4v) is 2.60. The molecule has 22 heavy (non-hydrogen) atoms. The number of aryl methyl sites for hydroxylation is 1. The third-order valence-corrected chi connectivity index (χ3v) is 4.17. The molecule has 0 aromatic heterocycles. The summed E-state index contributed by atoms with van der Waals surface area (Å²) < 4.78 is 0. The van der Waals surface area contributed by atoms with E-state index in [4.69, 9.17) is 0 Å². The molecule has 1 aromatic rings. The van der Waals surface area contributed by atoms with Crippen LogP contribution in [0.25, 0.3) is 0 Å². The van der Waals surface area contributed by atoms with Gasteiger partial charge in [0.25, 0.3) is 5.91 Å². The molecule has 0 radical (unpaired) electrons. The second-order valence-electron chi connectivity index (χ2n) is 5.47. The number of amides is 4. The van der Waals surface area contributed by atoms with E-state index in [1.165, 1.54) is 0 Å². The molecule has 1 fully saturated rings. The van der Waals surface area contributed by atoms with Gasteiger partial charge in [-0.05, 0) is 31.4 Å². The zero-order valence-electron chi connectivity index (χ0n) is 13.1. The van der Waals surface area contributed by atoms with E-state index in [0.29, 0.717) is 18.5 Å². The normalized spacial score (nSPS) is 16.6. The summed E-state index contributed by atoms with van der Waals surface area (Å²) in [7, 11) is 0. The molecule has 0 spiro atoms. The Bertz CT molecular complexity index is 608. The first-order chi connectivity index (χ1) is 10.4. The summed E-state index contributed by atoms with van der Waals surface area (Å²) in [6, 6.07) is 6.84. The Morgan fingerprint density at radius 3 is 2.41 bits per heavy atom. The van der Waals surface area contributed by atoms with Crippen LogP contribution in [0.2, 0.25) is 0 Å². The van der Waals surface area contributed by atoms with Gasteiger partial charge in [0, 0.05) is 5.69 Å². The molecule has 0 unspecified atom stereocenters. The molecule has 2 rings (SSSR count). The van der Waals surface area contributed by atoms with E-state index in [1.807, 2.05) is 39.0 Å². The van der Waals surface area contributed by atoms with Crippen molar-refractivity contribution in [2.24, 2.45) is 0 Å². The number of nitrogens with zero attached hydrogens (tertiary/aromatic N) is 1. The van der Waals surface area contributed by atoms with Gasteiger partial charge < -0.3 is 10.6 Å². The molecule has 0 atom stereocenters. The Labute approximate surface area is 129 Å². The molecular formula is C16H21N3O3. The van der Waals surface area contributed by atoms with Crippen molar-refractivity contribution in [2.45, 2.75) is 39.2 Å². The molecule has 0 saturated carbocycles. The Hall–Kier alpha value is -2.37. The lowest BCUT2D eigenvalue weighted by molar-refractivity contribution is -0.134. The van der Waals surface area contributed by atoms with E-state index in [2.05, 4.69) is 10.6 Å². The molecular weight excluding hydrogens is 282 g/mol. The van der Waals surface area contributed by atoms with Crippen LogP contribution in [-0.2, 0) is 9.59 Å². The number of benzene rings is 1. The van der Waals surface area contributed by atoms with E-state index in [0.717, 1.165) is 10.5 Å². The minimum Gasteiger partial charge on any atom is -0.324 e. The van der Waals surface area contributed by atoms with Crippen molar-refractivity contribution >= 4 is 23.5 Å². The molecule has 6 nitrogen and oxygen atoms in total. The summed E-state index contributed by atoms with van der Waals surface area (Å²) in [6.45, 7) is 5.29. The molecule has 2 N–H and O–H groups in total. The summed E-state index contributed by atoms with van der Waals surface area (Å²) in [6.07, 6.45) is 1.01. The standard InChI is InChI=1S/C16H21N3O3/c1-4-16(5-2)14(21)19(15(22)18-16)10-13(20)17-12-9-7-6-8-11(12)3/h6-9H,4-5,10H2,1-3H3,(H,17,20)(H,18,22). The monoisotopic (exact) mass is 303 g/mol. The molecule has 0 bridgehead atoms. The maximum atomic E-state index is 12.4. The van der Waals surface area contributed by atoms with Crippen molar-refractivity contribution in [2.75, 3.05) is 11.9 Å². The number of hydrogen-bond donors (Lipinski definition) is 2. The predicted octanol–water partition coefficient (Wildman–Crippen LogP) is 2.04. The maximum absolute atomic E-state index is 12.4. The van der Waals surface area contributed by atoms with Gasteiger partial charge in [0.1, 0.15) is 12.1 Å². The van der Waals surface area contributed by atoms with Gasteiger partial charge in [0.15, 0.2) is 0 Å². The molecule has 0 aliphatic carbocycles. The molecule has 1 aliphatic heterocycles. The van der Waals surface area contributed by atoms with Crippen molar-refractivity contribution in [3.63, 3.8) is 0 Å². The molecule has 6 heteroatoms. The van der Waals surface area contributed by atoms with E-state index >= 15 is 0 Å². The van der Waals surface area contributed by atoms with Crippen LogP contribution in [0.1, 0.15) is 32.3 Å². The van der Waals surface area contributed by atoms with Crippen molar-refractivity contribution < 1.29 is 14.4 Å². The first-order valence-corrected chi connectivity index (χ1v) is 7.43. The van der Waals surface area contributed by atoms with Gasteiger partial charge in [0.05, 0.1) is 0 Å². The largest absolute Gasteiger partial charge is 0.325 e. The van der Waals surface area contributed by atoms with Gasteiger partial charge >= 0.3 is 6.03 Å². The maximum Gasteiger partial charge on any atom is 0.325 e. The van der Waals surface area contributed by atoms with Crippen LogP contribution in [0.5, 0.6) is 0 Å². The second kappa shape index (κ2) is 6.17. The highest BCUT2D eigenvalue weighted by molar-refractivity contribution is 6.10. The number of urea groups is 1. The van der Waals surface area contributed by atoms with Gasteiger partial charge in [-0.3, -0.25) is 14.5 Å². The predicted molar refractivity (Wildman–Crippen MR) is 83.4 cm³/mol. The topological polar surface area (TPSA) is 78.5 Å². The van der Waals surface area contributed by atoms with Crippen LogP contribution in [0.4, 0.5) is 10.5 Å². The highest BCUT2D eigenvalue weighted by atomic mass is 16.2. The smallest absolute Gasteiger partial charge is 0.324 e. The highest BCUT2D eigenvalue weighted by Crippen LogP contribution is 2.24. The van der Waals surface area contributed by atoms with E-state index in [9.17, 15) is 14.4 Å². The number of para-hydroxylation sites is 1. The summed E-state index contributed by atoms with van der Waals surface area (Å²) in [5, 5.41) is 5.43. The number of imide groups is 1. The summed E-state index contributed by atoms with van der Waals surface area (Å²) in [5.74, 6) is -0.719. The van der Waals surface area contributed by atoms with Crippen LogP contribution in [-0.4, -0.2) is 34.8 Å². The third kappa shape index (κ3) is 2.81. The van der Waals surface area contributed by atoms with Crippen molar-refractivity contribution in [3.8, 4) is 0 Å². The SMILES string of the molecule is CCC1(CC)NC(=O)N(CC(=O)Nc2ccccc2C)C1=O. The first-order valence-electron chi connectivity index (χ1n) is 7.43. The Balaban J connectivity index is 2.08. The van der Waals surface area contributed by atoms with Gasteiger partial charge in [-0.25, -0.2) is 4.79 Å². The van der Waals surface area contributed by atoms with Gasteiger partial charge in [-0.15, -0.1) is 0 Å². The fourth-order valence-electron chi connectivity index (χ4n) is 2.60. The van der Waals surface area contributed by atoms with E-state index in [-0.39, 0.29) is 18.4 Å². The molecule has 1 aromatic carbocycles. The van der Waals surface area contributed by atoms with Crippen LogP contribution in [0.15, 0.2) is 24.3 Å². The van der Waals surface area contributed by atoms with Gasteiger partial charge in [0.2, 0.25) is 5.91 Å². The highest BCUT2D eigenvalue weighted by Gasteiger charge is 2.49. The second-order valence-corrected chi connectivity index (χ2v) is 5.47. The fraction of sp³-hybridized carbons (Fsp3) is 0.438. The molecule has 1 aliphatic rings. The minimum atomic E-state index is -0.875. The number of nitrogens with one attached hydrogen (secondary N) is 2. The molecule has 118 valence electrons. The molecule has 1 saturated heterocycles. The summed E-state index contributed by atoms with van der Waals surface area (Å²) >= 11 is 0. The number of anilines is 1. The van der Waals surface area contributed by atoms with Crippen molar-refractivity contribution in [1.82, 2.24) is 10.2 Å². The Morgan fingerprint density at radius 2 is 1.86 bits per heavy atom. The number of carbonyl (C=O) groups excluding carboxylic acids is 3. The lowest BCUT2D eigenvalue weighted by atomic mass is 9.93. The average molecular weight is 303 g/mol. The van der Waals surface area contributed by atoms with E-state index < -0.39 is 11.6 Å². The number of hydrogen-bond acceptors (Lipinski definition) is 3. The number of rotatable bonds is 5. The van der Waals surface area contributed by atoms with Gasteiger partial charge in [-0.1, -0.05) is 32.0 Å². The van der Waals surface area contributed by atoms with Gasteiger partial charge in [-0.2, -0.15) is 0 Å². The first kappa shape index (κ1) is 16.0. The zero-order valence-corrected chi connectivity index (χ0v) is 13.1. The third-order valence-electron chi connectivity index (χ3n) is 4.17. The van der Waals surface area contributed by atoms with Crippen molar-refractivity contribution in [3.05, 3.63) is 29.8 Å². The average Bonchev–Trinajstić information content (AvgIpc) is 2.74. The van der Waals surface area contributed by atoms with Crippen molar-refractivity contribution in [1.29, 1.82) is 0 Å². The van der Waals surface area contributed by atoms with E-state index in [1.54, 1.807) is 6.07 Å². The van der Waals surface area contributed by atoms with Crippen LogP contribution in [0.3, 0.4) is 0 Å². The quantitative estimate of drug-likeness (QED) is 0.817. The lowest BCUT2D eigenvalue weighted by Gasteiger charge is -2.23. The zero-order chi connectivity index (χ0) is 16.3. The van der Waals surface area contributed by atoms with Crippen LogP contribution < -0.4 is 10.6 Å². The minimum absolute atomic E-state index is 0.277. The van der Waals surface area contributed by atoms with Crippen LogP contribution in [0, 0.1) is 6.92 Å². The number of carbonyl (C=O) groups is 3. The molecule has 1 heterocycles. The lowest BCUT2D eigenvalue weighted by Crippen LogP contribution is -2.46.